The molecule has 0 atom stereocenters. The predicted molar refractivity (Wildman–Crippen MR) is 79.4 cm³/mol. The van der Waals surface area contributed by atoms with E-state index in [1.807, 2.05) is 17.7 Å². The largest absolute Gasteiger partial charge is 0.416 e. The van der Waals surface area contributed by atoms with E-state index in [9.17, 15) is 13.2 Å². The van der Waals surface area contributed by atoms with Crippen LogP contribution in [0.15, 0.2) is 43.1 Å². The number of aromatic nitrogens is 4. The number of benzene rings is 1. The van der Waals surface area contributed by atoms with Crippen molar-refractivity contribution in [1.82, 2.24) is 19.1 Å². The number of imidazole rings is 2. The second-order valence-electron chi connectivity index (χ2n) is 5.37. The van der Waals surface area contributed by atoms with Crippen LogP contribution in [0.1, 0.15) is 22.6 Å². The van der Waals surface area contributed by atoms with E-state index in [4.69, 9.17) is 0 Å². The first kappa shape index (κ1) is 15.3. The van der Waals surface area contributed by atoms with Crippen LogP contribution in [-0.4, -0.2) is 19.1 Å². The van der Waals surface area contributed by atoms with Gasteiger partial charge in [-0.05, 0) is 31.5 Å². The SMILES string of the molecule is Cc1ccc(-n2cnc(Cn3ccnc3C)c2)cc1C(F)(F)F. The molecule has 23 heavy (non-hydrogen) atoms. The summed E-state index contributed by atoms with van der Waals surface area (Å²) in [7, 11) is 0. The third-order valence-electron chi connectivity index (χ3n) is 3.72. The number of hydrogen-bond acceptors (Lipinski definition) is 2. The van der Waals surface area contributed by atoms with E-state index in [0.717, 1.165) is 17.6 Å². The fourth-order valence-electron chi connectivity index (χ4n) is 2.41. The average molecular weight is 320 g/mol. The third kappa shape index (κ3) is 3.13. The molecule has 3 aromatic rings. The van der Waals surface area contributed by atoms with Gasteiger partial charge in [0.25, 0.3) is 0 Å². The van der Waals surface area contributed by atoms with Crippen molar-refractivity contribution in [2.75, 3.05) is 0 Å². The topological polar surface area (TPSA) is 35.6 Å². The van der Waals surface area contributed by atoms with Gasteiger partial charge in [0.15, 0.2) is 0 Å². The van der Waals surface area contributed by atoms with E-state index in [2.05, 4.69) is 9.97 Å². The number of halogens is 3. The van der Waals surface area contributed by atoms with Gasteiger partial charge in [-0.25, -0.2) is 9.97 Å². The highest BCUT2D eigenvalue weighted by Gasteiger charge is 2.32. The summed E-state index contributed by atoms with van der Waals surface area (Å²) in [5, 5.41) is 0. The summed E-state index contributed by atoms with van der Waals surface area (Å²) in [6, 6.07) is 4.26. The zero-order chi connectivity index (χ0) is 16.6. The van der Waals surface area contributed by atoms with Gasteiger partial charge in [-0.2, -0.15) is 13.2 Å². The van der Waals surface area contributed by atoms with Crippen molar-refractivity contribution in [3.8, 4) is 5.69 Å². The maximum Gasteiger partial charge on any atom is 0.416 e. The molecule has 1 aromatic carbocycles. The van der Waals surface area contributed by atoms with Crippen LogP contribution in [0.2, 0.25) is 0 Å². The fourth-order valence-corrected chi connectivity index (χ4v) is 2.41. The zero-order valence-electron chi connectivity index (χ0n) is 12.7. The molecule has 3 rings (SSSR count). The second kappa shape index (κ2) is 5.57. The van der Waals surface area contributed by atoms with Gasteiger partial charge in [-0.15, -0.1) is 0 Å². The first-order valence-electron chi connectivity index (χ1n) is 7.03. The molecule has 0 radical (unpaired) electrons. The van der Waals surface area contributed by atoms with Crippen LogP contribution < -0.4 is 0 Å². The summed E-state index contributed by atoms with van der Waals surface area (Å²) in [6.07, 6.45) is 2.41. The second-order valence-corrected chi connectivity index (χ2v) is 5.37. The first-order valence-corrected chi connectivity index (χ1v) is 7.03. The minimum absolute atomic E-state index is 0.204. The van der Waals surface area contributed by atoms with E-state index in [1.165, 1.54) is 19.3 Å². The van der Waals surface area contributed by atoms with Gasteiger partial charge in [0, 0.05) is 24.3 Å². The molecule has 0 unspecified atom stereocenters. The Kier molecular flexibility index (Phi) is 3.71. The summed E-state index contributed by atoms with van der Waals surface area (Å²) in [5.74, 6) is 0.856. The molecular weight excluding hydrogens is 305 g/mol. The Hall–Kier alpha value is -2.57. The van der Waals surface area contributed by atoms with Crippen molar-refractivity contribution >= 4 is 0 Å². The number of nitrogens with zero attached hydrogens (tertiary/aromatic N) is 4. The summed E-state index contributed by atoms with van der Waals surface area (Å²) >= 11 is 0. The Morgan fingerprint density at radius 3 is 2.57 bits per heavy atom. The van der Waals surface area contributed by atoms with Crippen LogP contribution in [0.3, 0.4) is 0 Å². The maximum atomic E-state index is 13.0. The summed E-state index contributed by atoms with van der Waals surface area (Å²) in [4.78, 5) is 8.39. The highest BCUT2D eigenvalue weighted by Crippen LogP contribution is 2.33. The van der Waals surface area contributed by atoms with E-state index >= 15 is 0 Å². The highest BCUT2D eigenvalue weighted by molar-refractivity contribution is 5.41. The van der Waals surface area contributed by atoms with Gasteiger partial charge in [-0.3, -0.25) is 0 Å². The zero-order valence-corrected chi connectivity index (χ0v) is 12.7. The number of alkyl halides is 3. The van der Waals surface area contributed by atoms with Crippen LogP contribution in [0.5, 0.6) is 0 Å². The number of rotatable bonds is 3. The van der Waals surface area contributed by atoms with Gasteiger partial charge in [0.1, 0.15) is 5.82 Å². The number of aryl methyl sites for hydroxylation is 2. The molecule has 7 heteroatoms. The fraction of sp³-hybridized carbons (Fsp3) is 0.250. The van der Waals surface area contributed by atoms with Crippen molar-refractivity contribution in [1.29, 1.82) is 0 Å². The maximum absolute atomic E-state index is 13.0. The Labute approximate surface area is 131 Å². The van der Waals surface area contributed by atoms with E-state index in [-0.39, 0.29) is 5.56 Å². The van der Waals surface area contributed by atoms with Crippen LogP contribution in [-0.2, 0) is 12.7 Å². The van der Waals surface area contributed by atoms with Crippen molar-refractivity contribution < 1.29 is 13.2 Å². The molecule has 0 saturated carbocycles. The molecule has 0 aliphatic rings. The van der Waals surface area contributed by atoms with E-state index in [0.29, 0.717) is 12.2 Å². The summed E-state index contributed by atoms with van der Waals surface area (Å²) < 4.78 is 42.5. The molecule has 2 aromatic heterocycles. The Bertz CT molecular complexity index is 830. The van der Waals surface area contributed by atoms with Crippen molar-refractivity contribution in [3.05, 3.63) is 65.8 Å². The molecule has 4 nitrogen and oxygen atoms in total. The normalized spacial score (nSPS) is 11.9. The predicted octanol–water partition coefficient (Wildman–Crippen LogP) is 3.75. The molecule has 0 aliphatic carbocycles. The molecule has 0 bridgehead atoms. The molecule has 120 valence electrons. The molecule has 0 spiro atoms. The first-order chi connectivity index (χ1) is 10.8. The Balaban J connectivity index is 1.90. The van der Waals surface area contributed by atoms with Crippen LogP contribution >= 0.6 is 0 Å². The van der Waals surface area contributed by atoms with Crippen LogP contribution in [0.25, 0.3) is 5.69 Å². The van der Waals surface area contributed by atoms with Gasteiger partial charge >= 0.3 is 6.18 Å². The molecule has 0 fully saturated rings. The number of hydrogen-bond donors (Lipinski definition) is 0. The minimum Gasteiger partial charge on any atom is -0.329 e. The Morgan fingerprint density at radius 2 is 1.91 bits per heavy atom. The smallest absolute Gasteiger partial charge is 0.329 e. The lowest BCUT2D eigenvalue weighted by Gasteiger charge is -2.12. The van der Waals surface area contributed by atoms with Gasteiger partial charge in [0.2, 0.25) is 0 Å². The van der Waals surface area contributed by atoms with E-state index < -0.39 is 11.7 Å². The summed E-state index contributed by atoms with van der Waals surface area (Å²) in [6.45, 7) is 3.86. The molecular formula is C16H15F3N4. The molecule has 2 heterocycles. The van der Waals surface area contributed by atoms with Crippen LogP contribution in [0.4, 0.5) is 13.2 Å². The Morgan fingerprint density at radius 1 is 1.13 bits per heavy atom. The van der Waals surface area contributed by atoms with Crippen molar-refractivity contribution in [2.45, 2.75) is 26.6 Å². The lowest BCUT2D eigenvalue weighted by atomic mass is 10.1. The third-order valence-corrected chi connectivity index (χ3v) is 3.72. The summed E-state index contributed by atoms with van der Waals surface area (Å²) in [5.41, 5.74) is 0.760. The molecule has 0 saturated heterocycles. The van der Waals surface area contributed by atoms with Gasteiger partial charge < -0.3 is 9.13 Å². The minimum atomic E-state index is -4.36. The van der Waals surface area contributed by atoms with Crippen molar-refractivity contribution in [3.63, 3.8) is 0 Å². The van der Waals surface area contributed by atoms with Crippen molar-refractivity contribution in [2.24, 2.45) is 0 Å². The standard InChI is InChI=1S/C16H15F3N4/c1-11-3-4-14(7-15(11)16(17,18)19)23-9-13(21-10-23)8-22-6-5-20-12(22)2/h3-7,9-10H,8H2,1-2H3. The van der Waals surface area contributed by atoms with Crippen LogP contribution in [0, 0.1) is 13.8 Å². The monoisotopic (exact) mass is 320 g/mol. The lowest BCUT2D eigenvalue weighted by Crippen LogP contribution is -2.08. The van der Waals surface area contributed by atoms with E-state index in [1.54, 1.807) is 23.0 Å². The quantitative estimate of drug-likeness (QED) is 0.737. The van der Waals surface area contributed by atoms with Gasteiger partial charge in [-0.1, -0.05) is 6.07 Å². The van der Waals surface area contributed by atoms with Gasteiger partial charge in [0.05, 0.1) is 24.1 Å². The molecule has 0 aliphatic heterocycles. The molecule has 0 amide bonds. The highest BCUT2D eigenvalue weighted by atomic mass is 19.4. The lowest BCUT2D eigenvalue weighted by molar-refractivity contribution is -0.138. The average Bonchev–Trinajstić information content (AvgIpc) is 3.09. The molecule has 0 N–H and O–H groups in total.